The number of ether oxygens (including phenoxy) is 1. The van der Waals surface area contributed by atoms with Crippen molar-refractivity contribution in [3.8, 4) is 0 Å². The summed E-state index contributed by atoms with van der Waals surface area (Å²) in [4.78, 5) is 21.3. The molecule has 0 aliphatic rings. The number of aliphatic carboxylic acids is 1. The summed E-state index contributed by atoms with van der Waals surface area (Å²) in [7, 11) is 0. The van der Waals surface area contributed by atoms with Crippen LogP contribution in [0.25, 0.3) is 0 Å². The number of carbonyl (C=O) groups excluding carboxylic acids is 1. The molecule has 0 saturated carbocycles. The van der Waals surface area contributed by atoms with E-state index in [9.17, 15) is 9.59 Å². The third-order valence-corrected chi connectivity index (χ3v) is 1.27. The van der Waals surface area contributed by atoms with Crippen molar-refractivity contribution in [3.05, 3.63) is 23.8 Å². The molecule has 1 N–H and O–H groups in total. The van der Waals surface area contributed by atoms with Gasteiger partial charge in [-0.3, -0.25) is 0 Å². The van der Waals surface area contributed by atoms with Gasteiger partial charge in [-0.2, -0.15) is 0 Å². The summed E-state index contributed by atoms with van der Waals surface area (Å²) in [6.07, 6.45) is 1.18. The van der Waals surface area contributed by atoms with E-state index < -0.39 is 11.9 Å². The second kappa shape index (κ2) is 5.13. The minimum absolute atomic E-state index is 0.0433. The molecule has 0 aromatic heterocycles. The van der Waals surface area contributed by atoms with Gasteiger partial charge in [-0.15, -0.1) is 0 Å². The maximum atomic E-state index is 10.9. The normalized spacial score (nSPS) is 10.8. The van der Waals surface area contributed by atoms with Crippen LogP contribution >= 0.6 is 0 Å². The Balaban J connectivity index is 4.37. The molecule has 0 saturated heterocycles. The Morgan fingerprint density at radius 3 is 2.46 bits per heavy atom. The number of carboxylic acids is 1. The smallest absolute Gasteiger partial charge is 0.337 e. The van der Waals surface area contributed by atoms with Crippen molar-refractivity contribution in [2.45, 2.75) is 13.8 Å². The molecule has 0 radical (unpaired) electrons. The van der Waals surface area contributed by atoms with Crippen molar-refractivity contribution in [2.24, 2.45) is 0 Å². The molecule has 4 heteroatoms. The summed E-state index contributed by atoms with van der Waals surface area (Å²) in [5.41, 5.74) is 0.0970. The Hall–Kier alpha value is -1.58. The molecule has 0 bridgehead atoms. The highest BCUT2D eigenvalue weighted by molar-refractivity contribution is 5.94. The predicted octanol–water partition coefficient (Wildman–Crippen LogP) is 1.14. The minimum atomic E-state index is -1.08. The van der Waals surface area contributed by atoms with E-state index in [0.29, 0.717) is 0 Å². The standard InChI is InChI=1S/C9H12O4/c1-4-13-9(12)7(3)5-6(2)8(10)11/h5H,3-4H2,1-2H3,(H,10,11). The monoisotopic (exact) mass is 184 g/mol. The van der Waals surface area contributed by atoms with E-state index in [2.05, 4.69) is 11.3 Å². The first-order valence-corrected chi connectivity index (χ1v) is 3.76. The van der Waals surface area contributed by atoms with Crippen molar-refractivity contribution < 1.29 is 19.4 Å². The van der Waals surface area contributed by atoms with Crippen molar-refractivity contribution in [3.63, 3.8) is 0 Å². The molecule has 0 heterocycles. The van der Waals surface area contributed by atoms with Gasteiger partial charge >= 0.3 is 11.9 Å². The summed E-state index contributed by atoms with van der Waals surface area (Å²) in [6.45, 7) is 6.68. The van der Waals surface area contributed by atoms with Gasteiger partial charge in [0.25, 0.3) is 0 Å². The van der Waals surface area contributed by atoms with E-state index in [-0.39, 0.29) is 17.8 Å². The van der Waals surface area contributed by atoms with Crippen molar-refractivity contribution >= 4 is 11.9 Å². The molecule has 0 amide bonds. The highest BCUT2D eigenvalue weighted by atomic mass is 16.5. The second-order valence-corrected chi connectivity index (χ2v) is 2.38. The maximum Gasteiger partial charge on any atom is 0.337 e. The van der Waals surface area contributed by atoms with Crippen LogP contribution < -0.4 is 0 Å². The first-order valence-electron chi connectivity index (χ1n) is 3.76. The van der Waals surface area contributed by atoms with Crippen LogP contribution in [0.15, 0.2) is 23.8 Å². The molecule has 0 unspecified atom stereocenters. The third-order valence-electron chi connectivity index (χ3n) is 1.27. The molecule has 4 nitrogen and oxygen atoms in total. The highest BCUT2D eigenvalue weighted by Gasteiger charge is 2.07. The van der Waals surface area contributed by atoms with Crippen LogP contribution in [0.3, 0.4) is 0 Å². The van der Waals surface area contributed by atoms with Gasteiger partial charge < -0.3 is 9.84 Å². The number of rotatable bonds is 4. The van der Waals surface area contributed by atoms with Crippen molar-refractivity contribution in [1.82, 2.24) is 0 Å². The van der Waals surface area contributed by atoms with Gasteiger partial charge in [0.2, 0.25) is 0 Å². The molecule has 0 aromatic carbocycles. The fourth-order valence-corrected chi connectivity index (χ4v) is 0.606. The summed E-state index contributed by atoms with van der Waals surface area (Å²) in [5, 5.41) is 8.48. The van der Waals surface area contributed by atoms with E-state index in [0.717, 1.165) is 0 Å². The van der Waals surface area contributed by atoms with Crippen molar-refractivity contribution in [2.75, 3.05) is 6.61 Å². The SMILES string of the molecule is C=C(C=C(C)C(=O)O)C(=O)OCC. The number of carbonyl (C=O) groups is 2. The summed E-state index contributed by atoms with van der Waals surface area (Å²) in [5.74, 6) is -1.67. The first kappa shape index (κ1) is 11.4. The highest BCUT2D eigenvalue weighted by Crippen LogP contribution is 2.02. The number of hydrogen-bond donors (Lipinski definition) is 1. The van der Waals surface area contributed by atoms with Gasteiger partial charge in [0.15, 0.2) is 0 Å². The van der Waals surface area contributed by atoms with E-state index in [1.807, 2.05) is 0 Å². The Morgan fingerprint density at radius 1 is 1.54 bits per heavy atom. The van der Waals surface area contributed by atoms with Crippen LogP contribution in [0.5, 0.6) is 0 Å². The van der Waals surface area contributed by atoms with Crippen LogP contribution in [-0.4, -0.2) is 23.7 Å². The molecule has 0 aromatic rings. The molecular formula is C9H12O4. The number of carboxylic acid groups (broad SMARTS) is 1. The summed E-state index contributed by atoms with van der Waals surface area (Å²) >= 11 is 0. The zero-order valence-electron chi connectivity index (χ0n) is 7.66. The fraction of sp³-hybridized carbons (Fsp3) is 0.333. The lowest BCUT2D eigenvalue weighted by molar-refractivity contribution is -0.138. The Bertz CT molecular complexity index is 263. The predicted molar refractivity (Wildman–Crippen MR) is 47.2 cm³/mol. The lowest BCUT2D eigenvalue weighted by Gasteiger charge is -2.00. The molecule has 0 atom stereocenters. The molecule has 0 rings (SSSR count). The Morgan fingerprint density at radius 2 is 2.08 bits per heavy atom. The van der Waals surface area contributed by atoms with Gasteiger partial charge in [0.1, 0.15) is 0 Å². The molecule has 72 valence electrons. The van der Waals surface area contributed by atoms with Gasteiger partial charge in [-0.1, -0.05) is 6.58 Å². The van der Waals surface area contributed by atoms with E-state index in [1.165, 1.54) is 13.0 Å². The molecule has 0 aliphatic heterocycles. The molecule has 0 spiro atoms. The summed E-state index contributed by atoms with van der Waals surface area (Å²) < 4.78 is 4.61. The molecule has 0 aliphatic carbocycles. The number of hydrogen-bond acceptors (Lipinski definition) is 3. The van der Waals surface area contributed by atoms with E-state index >= 15 is 0 Å². The van der Waals surface area contributed by atoms with E-state index in [1.54, 1.807) is 6.92 Å². The van der Waals surface area contributed by atoms with Gasteiger partial charge in [0, 0.05) is 5.57 Å². The van der Waals surface area contributed by atoms with Crippen LogP contribution in [0.1, 0.15) is 13.8 Å². The largest absolute Gasteiger partial charge is 0.478 e. The second-order valence-electron chi connectivity index (χ2n) is 2.38. The Labute approximate surface area is 76.5 Å². The first-order chi connectivity index (χ1) is 5.99. The van der Waals surface area contributed by atoms with Crippen LogP contribution in [0.4, 0.5) is 0 Å². The van der Waals surface area contributed by atoms with E-state index in [4.69, 9.17) is 5.11 Å². The molecular weight excluding hydrogens is 172 g/mol. The van der Waals surface area contributed by atoms with Gasteiger partial charge in [-0.05, 0) is 19.9 Å². The van der Waals surface area contributed by atoms with Crippen molar-refractivity contribution in [1.29, 1.82) is 0 Å². The lowest BCUT2D eigenvalue weighted by atomic mass is 10.2. The summed E-state index contributed by atoms with van der Waals surface area (Å²) in [6, 6.07) is 0. The lowest BCUT2D eigenvalue weighted by Crippen LogP contribution is -2.06. The fourth-order valence-electron chi connectivity index (χ4n) is 0.606. The van der Waals surface area contributed by atoms with Crippen LogP contribution in [0.2, 0.25) is 0 Å². The minimum Gasteiger partial charge on any atom is -0.478 e. The molecule has 0 fully saturated rings. The quantitative estimate of drug-likeness (QED) is 0.404. The third kappa shape index (κ3) is 4.10. The van der Waals surface area contributed by atoms with Gasteiger partial charge in [0.05, 0.1) is 12.2 Å². The Kier molecular flexibility index (Phi) is 4.51. The van der Waals surface area contributed by atoms with Crippen LogP contribution in [-0.2, 0) is 14.3 Å². The van der Waals surface area contributed by atoms with Gasteiger partial charge in [-0.25, -0.2) is 9.59 Å². The average molecular weight is 184 g/mol. The molecule has 13 heavy (non-hydrogen) atoms. The van der Waals surface area contributed by atoms with Crippen LogP contribution in [0, 0.1) is 0 Å². The maximum absolute atomic E-state index is 10.9. The zero-order valence-corrected chi connectivity index (χ0v) is 7.66. The zero-order chi connectivity index (χ0) is 10.4. The average Bonchev–Trinajstić information content (AvgIpc) is 2.04. The topological polar surface area (TPSA) is 63.6 Å². The number of esters is 1.